The molecule has 0 aromatic carbocycles. The van der Waals surface area contributed by atoms with Crippen molar-refractivity contribution in [2.45, 2.75) is 17.9 Å². The van der Waals surface area contributed by atoms with Crippen LogP contribution in [0.1, 0.15) is 6.92 Å². The van der Waals surface area contributed by atoms with Gasteiger partial charge in [-0.3, -0.25) is 0 Å². The van der Waals surface area contributed by atoms with Gasteiger partial charge in [0.15, 0.2) is 20.0 Å². The van der Waals surface area contributed by atoms with Gasteiger partial charge in [0.2, 0.25) is 0 Å². The van der Waals surface area contributed by atoms with Gasteiger partial charge < -0.3 is 13.3 Å². The predicted molar refractivity (Wildman–Crippen MR) is 70.6 cm³/mol. The highest BCUT2D eigenvalue weighted by atomic mass is 32.3. The van der Waals surface area contributed by atoms with Crippen LogP contribution in [-0.4, -0.2) is 72.2 Å². The number of hydrogen-bond donors (Lipinski definition) is 0. The van der Waals surface area contributed by atoms with Gasteiger partial charge in [-0.2, -0.15) is 26.3 Å². The zero-order valence-corrected chi connectivity index (χ0v) is 14.2. The Hall–Kier alpha value is -0.640. The van der Waals surface area contributed by atoms with E-state index in [4.69, 9.17) is 4.74 Å². The van der Waals surface area contributed by atoms with E-state index >= 15 is 0 Å². The van der Waals surface area contributed by atoms with E-state index in [2.05, 4.69) is 14.0 Å². The van der Waals surface area contributed by atoms with Gasteiger partial charge in [0.1, 0.15) is 13.1 Å². The number of sulfonamides is 2. The van der Waals surface area contributed by atoms with Gasteiger partial charge in [-0.25, -0.2) is 16.8 Å². The monoisotopic (exact) mass is 410 g/mol. The molecule has 0 N–H and O–H groups in total. The number of morpholine rings is 1. The zero-order valence-electron chi connectivity index (χ0n) is 12.6. The number of rotatable bonds is 3. The lowest BCUT2D eigenvalue weighted by Crippen LogP contribution is -2.51. The number of quaternary nitrogens is 1. The summed E-state index contributed by atoms with van der Waals surface area (Å²) in [6, 6.07) is 0. The van der Waals surface area contributed by atoms with Crippen LogP contribution in [-0.2, 0) is 24.8 Å². The molecule has 1 rings (SSSR count). The first-order chi connectivity index (χ1) is 10.5. The standard InChI is InChI=1S/C7H16NO.C2F6NO4S2/c1-3-8(2)4-6-9-7-5-8;3-1(4,5)14(10,11)9-15(12,13)2(6,7)8/h3-7H2,1-2H3;/q+1;-1. The maximum atomic E-state index is 11.4. The van der Waals surface area contributed by atoms with E-state index in [1.165, 1.54) is 24.1 Å². The number of likely N-dealkylation sites (N-methyl/N-ethyl adjacent to an activating group) is 1. The summed E-state index contributed by atoms with van der Waals surface area (Å²) in [6.07, 6.45) is 0. The van der Waals surface area contributed by atoms with E-state index in [9.17, 15) is 43.2 Å². The van der Waals surface area contributed by atoms with Crippen LogP contribution >= 0.6 is 0 Å². The van der Waals surface area contributed by atoms with Crippen molar-refractivity contribution < 1.29 is 52.4 Å². The van der Waals surface area contributed by atoms with Crippen molar-refractivity contribution >= 4 is 20.0 Å². The second-order valence-electron chi connectivity index (χ2n) is 4.91. The van der Waals surface area contributed by atoms with E-state index in [0.717, 1.165) is 17.3 Å². The number of alkyl halides is 6. The Kier molecular flexibility index (Phi) is 7.51. The first kappa shape index (κ1) is 23.4. The van der Waals surface area contributed by atoms with Crippen LogP contribution in [0.15, 0.2) is 0 Å². The molecule has 0 bridgehead atoms. The molecule has 0 radical (unpaired) electrons. The molecule has 0 amide bonds. The van der Waals surface area contributed by atoms with E-state index in [0.29, 0.717) is 0 Å². The highest BCUT2D eigenvalue weighted by Crippen LogP contribution is 2.36. The lowest BCUT2D eigenvalue weighted by atomic mass is 10.3. The van der Waals surface area contributed by atoms with Crippen LogP contribution in [0, 0.1) is 0 Å². The minimum atomic E-state index is -6.72. The smallest absolute Gasteiger partial charge is 0.421 e. The maximum absolute atomic E-state index is 11.4. The molecule has 24 heavy (non-hydrogen) atoms. The molecule has 0 saturated carbocycles. The first-order valence-corrected chi connectivity index (χ1v) is 9.13. The van der Waals surface area contributed by atoms with Gasteiger partial charge in [0, 0.05) is 0 Å². The quantitative estimate of drug-likeness (QED) is 0.520. The Bertz CT molecular complexity index is 565. The second kappa shape index (κ2) is 7.72. The van der Waals surface area contributed by atoms with Crippen LogP contribution in [0.3, 0.4) is 0 Å². The fourth-order valence-corrected chi connectivity index (χ4v) is 3.02. The molecule has 0 aliphatic carbocycles. The number of ether oxygens (including phenoxy) is 1. The molecule has 1 saturated heterocycles. The number of hydrogen-bond acceptors (Lipinski definition) is 5. The molecule has 1 aliphatic rings. The van der Waals surface area contributed by atoms with Gasteiger partial charge in [-0.15, -0.1) is 0 Å². The van der Waals surface area contributed by atoms with E-state index in [-0.39, 0.29) is 0 Å². The molecule has 1 fully saturated rings. The molecule has 1 aliphatic heterocycles. The average Bonchev–Trinajstić information content (AvgIpc) is 2.36. The van der Waals surface area contributed by atoms with Gasteiger partial charge in [0.25, 0.3) is 0 Å². The molecule has 0 aromatic rings. The van der Waals surface area contributed by atoms with E-state index in [1.54, 1.807) is 0 Å². The summed E-state index contributed by atoms with van der Waals surface area (Å²) >= 11 is 0. The third-order valence-corrected chi connectivity index (χ3v) is 5.84. The Morgan fingerprint density at radius 1 is 0.917 bits per heavy atom. The van der Waals surface area contributed by atoms with Crippen molar-refractivity contribution in [1.82, 2.24) is 0 Å². The first-order valence-electron chi connectivity index (χ1n) is 6.25. The predicted octanol–water partition coefficient (Wildman–Crippen LogP) is 1.54. The fraction of sp³-hybridized carbons (Fsp3) is 1.00. The molecule has 146 valence electrons. The third kappa shape index (κ3) is 6.70. The lowest BCUT2D eigenvalue weighted by molar-refractivity contribution is -0.915. The Morgan fingerprint density at radius 2 is 1.25 bits per heavy atom. The Labute approximate surface area is 135 Å². The zero-order chi connectivity index (χ0) is 19.4. The van der Waals surface area contributed by atoms with E-state index in [1.807, 2.05) is 0 Å². The van der Waals surface area contributed by atoms with Crippen molar-refractivity contribution in [3.8, 4) is 0 Å². The SMILES string of the molecule is CC[N+]1(C)CCOCC1.O=S(=O)([N-]S(=O)(=O)C(F)(F)F)C(F)(F)F. The van der Waals surface area contributed by atoms with Gasteiger partial charge in [-0.05, 0) is 6.92 Å². The summed E-state index contributed by atoms with van der Waals surface area (Å²) in [4.78, 5) is 0. The summed E-state index contributed by atoms with van der Waals surface area (Å²) in [6.45, 7) is 7.76. The molecule has 0 unspecified atom stereocenters. The van der Waals surface area contributed by atoms with Crippen molar-refractivity contribution in [1.29, 1.82) is 0 Å². The summed E-state index contributed by atoms with van der Waals surface area (Å²) in [5, 5.41) is 0. The molecule has 7 nitrogen and oxygen atoms in total. The highest BCUT2D eigenvalue weighted by molar-refractivity contribution is 8.13. The summed E-state index contributed by atoms with van der Waals surface area (Å²) in [7, 11) is -11.1. The molecule has 15 heteroatoms. The molecule has 0 spiro atoms. The van der Waals surface area contributed by atoms with Crippen LogP contribution in [0.4, 0.5) is 26.3 Å². The fourth-order valence-electron chi connectivity index (χ4n) is 1.31. The van der Waals surface area contributed by atoms with Crippen LogP contribution in [0.25, 0.3) is 4.13 Å². The van der Waals surface area contributed by atoms with Gasteiger partial charge >= 0.3 is 11.0 Å². The molecule has 0 aromatic heterocycles. The largest absolute Gasteiger partial charge is 0.480 e. The topological polar surface area (TPSA) is 91.6 Å². The molecular weight excluding hydrogens is 394 g/mol. The van der Waals surface area contributed by atoms with Crippen molar-refractivity contribution in [3.05, 3.63) is 4.13 Å². The molecular formula is C9H16F6N2O5S2. The minimum absolute atomic E-state index is 0.778. The van der Waals surface area contributed by atoms with Crippen molar-refractivity contribution in [3.63, 3.8) is 0 Å². The lowest BCUT2D eigenvalue weighted by Gasteiger charge is -2.36. The van der Waals surface area contributed by atoms with Crippen LogP contribution in [0.5, 0.6) is 0 Å². The average molecular weight is 410 g/mol. The minimum Gasteiger partial charge on any atom is -0.421 e. The van der Waals surface area contributed by atoms with Crippen LogP contribution in [0.2, 0.25) is 0 Å². The summed E-state index contributed by atoms with van der Waals surface area (Å²) < 4.78 is 116. The summed E-state index contributed by atoms with van der Waals surface area (Å²) in [5.41, 5.74) is -12.4. The second-order valence-corrected chi connectivity index (χ2v) is 8.33. The number of nitrogens with zero attached hydrogens (tertiary/aromatic N) is 2. The Morgan fingerprint density at radius 3 is 1.46 bits per heavy atom. The normalized spacial score (nSPS) is 19.3. The maximum Gasteiger partial charge on any atom is 0.480 e. The number of halogens is 6. The van der Waals surface area contributed by atoms with Gasteiger partial charge in [0.05, 0.1) is 26.8 Å². The van der Waals surface area contributed by atoms with E-state index < -0.39 is 31.1 Å². The third-order valence-electron chi connectivity index (χ3n) is 3.10. The molecule has 0 atom stereocenters. The highest BCUT2D eigenvalue weighted by Gasteiger charge is 2.46. The molecule has 1 heterocycles. The Balaban J connectivity index is 0.000000496. The van der Waals surface area contributed by atoms with Crippen LogP contribution < -0.4 is 0 Å². The van der Waals surface area contributed by atoms with Crippen molar-refractivity contribution in [2.75, 3.05) is 39.9 Å². The van der Waals surface area contributed by atoms with Crippen molar-refractivity contribution in [2.24, 2.45) is 0 Å². The summed E-state index contributed by atoms with van der Waals surface area (Å²) in [5.74, 6) is 0. The van der Waals surface area contributed by atoms with Gasteiger partial charge in [-0.1, -0.05) is 0 Å².